The minimum absolute atomic E-state index is 0.278. The van der Waals surface area contributed by atoms with E-state index in [9.17, 15) is 0 Å². The van der Waals surface area contributed by atoms with Gasteiger partial charge in [-0.15, -0.1) is 0 Å². The highest BCUT2D eigenvalue weighted by molar-refractivity contribution is 4.92. The van der Waals surface area contributed by atoms with Gasteiger partial charge < -0.3 is 10.1 Å². The molecule has 2 fully saturated rings. The largest absolute Gasteiger partial charge is 0.374 e. The fourth-order valence-electron chi connectivity index (χ4n) is 1.81. The van der Waals surface area contributed by atoms with Gasteiger partial charge in [0.2, 0.25) is 0 Å². The van der Waals surface area contributed by atoms with E-state index in [-0.39, 0.29) is 5.60 Å². The lowest BCUT2D eigenvalue weighted by molar-refractivity contribution is 0.0217. The van der Waals surface area contributed by atoms with Gasteiger partial charge >= 0.3 is 0 Å². The molecule has 2 aliphatic rings. The maximum absolute atomic E-state index is 5.64. The van der Waals surface area contributed by atoms with Crippen LogP contribution in [0, 0.1) is 0 Å². The third-order valence-corrected chi connectivity index (χ3v) is 2.39. The second-order valence-corrected chi connectivity index (χ2v) is 3.06. The quantitative estimate of drug-likeness (QED) is 0.512. The van der Waals surface area contributed by atoms with Gasteiger partial charge in [-0.25, -0.2) is 0 Å². The molecule has 2 heterocycles. The monoisotopic (exact) mass is 127 g/mol. The summed E-state index contributed by atoms with van der Waals surface area (Å²) in [6.45, 7) is 3.23. The molecule has 2 nitrogen and oxygen atoms in total. The first-order valence-corrected chi connectivity index (χ1v) is 3.76. The molecule has 0 saturated carbocycles. The Morgan fingerprint density at radius 1 is 1.33 bits per heavy atom. The van der Waals surface area contributed by atoms with Crippen LogP contribution in [0.1, 0.15) is 19.3 Å². The van der Waals surface area contributed by atoms with Crippen molar-refractivity contribution in [1.82, 2.24) is 5.32 Å². The molecule has 2 rings (SSSR count). The van der Waals surface area contributed by atoms with E-state index in [4.69, 9.17) is 4.74 Å². The molecule has 0 aromatic rings. The first kappa shape index (κ1) is 5.69. The fourth-order valence-corrected chi connectivity index (χ4v) is 1.81. The van der Waals surface area contributed by atoms with Crippen molar-refractivity contribution in [2.24, 2.45) is 0 Å². The highest BCUT2D eigenvalue weighted by Crippen LogP contribution is 2.30. The molecule has 9 heavy (non-hydrogen) atoms. The lowest BCUT2D eigenvalue weighted by Crippen LogP contribution is -2.29. The molecule has 0 aromatic carbocycles. The second-order valence-electron chi connectivity index (χ2n) is 3.06. The van der Waals surface area contributed by atoms with Crippen LogP contribution in [0.5, 0.6) is 0 Å². The van der Waals surface area contributed by atoms with Crippen molar-refractivity contribution in [3.8, 4) is 0 Å². The molecular formula is C7H13NO. The smallest absolute Gasteiger partial charge is 0.0819 e. The molecule has 2 heteroatoms. The Bertz CT molecular complexity index is 84.0. The molecule has 1 spiro atoms. The number of nitrogens with one attached hydrogen (secondary N) is 1. The van der Waals surface area contributed by atoms with E-state index in [0.29, 0.717) is 0 Å². The summed E-state index contributed by atoms with van der Waals surface area (Å²) < 4.78 is 5.64. The molecule has 1 atom stereocenters. The average Bonchev–Trinajstić information content (AvgIpc) is 2.45. The fraction of sp³-hybridized carbons (Fsp3) is 1.00. The van der Waals surface area contributed by atoms with Crippen LogP contribution in [0.15, 0.2) is 0 Å². The van der Waals surface area contributed by atoms with Crippen LogP contribution in [-0.2, 0) is 4.74 Å². The third kappa shape index (κ3) is 0.864. The normalized spacial score (nSPS) is 42.7. The van der Waals surface area contributed by atoms with Crippen LogP contribution in [0.2, 0.25) is 0 Å². The van der Waals surface area contributed by atoms with E-state index in [1.807, 2.05) is 0 Å². The first-order valence-electron chi connectivity index (χ1n) is 3.76. The second kappa shape index (κ2) is 1.96. The van der Waals surface area contributed by atoms with Gasteiger partial charge in [-0.3, -0.25) is 0 Å². The average molecular weight is 127 g/mol. The lowest BCUT2D eigenvalue weighted by Gasteiger charge is -2.19. The Kier molecular flexibility index (Phi) is 1.24. The number of hydrogen-bond acceptors (Lipinski definition) is 2. The summed E-state index contributed by atoms with van der Waals surface area (Å²) in [5.74, 6) is 0. The number of rotatable bonds is 0. The zero-order valence-electron chi connectivity index (χ0n) is 5.65. The molecule has 1 unspecified atom stereocenters. The molecule has 52 valence electrons. The Hall–Kier alpha value is -0.0800. The Morgan fingerprint density at radius 3 is 2.89 bits per heavy atom. The Morgan fingerprint density at radius 2 is 2.33 bits per heavy atom. The van der Waals surface area contributed by atoms with E-state index in [1.54, 1.807) is 0 Å². The van der Waals surface area contributed by atoms with E-state index in [0.717, 1.165) is 19.7 Å². The highest BCUT2D eigenvalue weighted by Gasteiger charge is 2.37. The Balaban J connectivity index is 2.04. The zero-order valence-corrected chi connectivity index (χ0v) is 5.65. The number of ether oxygens (including phenoxy) is 1. The summed E-state index contributed by atoms with van der Waals surface area (Å²) in [6.07, 6.45) is 3.77. The zero-order chi connectivity index (χ0) is 6.16. The van der Waals surface area contributed by atoms with Gasteiger partial charge in [-0.2, -0.15) is 0 Å². The van der Waals surface area contributed by atoms with Gasteiger partial charge in [-0.1, -0.05) is 0 Å². The summed E-state index contributed by atoms with van der Waals surface area (Å²) in [4.78, 5) is 0. The van der Waals surface area contributed by atoms with Gasteiger partial charge in [0.25, 0.3) is 0 Å². The van der Waals surface area contributed by atoms with Crippen molar-refractivity contribution < 1.29 is 4.74 Å². The third-order valence-electron chi connectivity index (χ3n) is 2.39. The predicted octanol–water partition coefficient (Wildman–Crippen LogP) is 0.529. The van der Waals surface area contributed by atoms with Crippen molar-refractivity contribution in [3.05, 3.63) is 0 Å². The molecule has 0 aromatic heterocycles. The summed E-state index contributed by atoms with van der Waals surface area (Å²) >= 11 is 0. The van der Waals surface area contributed by atoms with Gasteiger partial charge in [0, 0.05) is 13.2 Å². The van der Waals surface area contributed by atoms with E-state index in [1.165, 1.54) is 19.3 Å². The van der Waals surface area contributed by atoms with Crippen molar-refractivity contribution in [2.75, 3.05) is 19.7 Å². The van der Waals surface area contributed by atoms with Gasteiger partial charge in [0.15, 0.2) is 0 Å². The minimum atomic E-state index is 0.278. The predicted molar refractivity (Wildman–Crippen MR) is 35.4 cm³/mol. The van der Waals surface area contributed by atoms with E-state index in [2.05, 4.69) is 5.32 Å². The van der Waals surface area contributed by atoms with Crippen LogP contribution in [0.3, 0.4) is 0 Å². The van der Waals surface area contributed by atoms with Crippen molar-refractivity contribution in [3.63, 3.8) is 0 Å². The van der Waals surface area contributed by atoms with E-state index >= 15 is 0 Å². The Labute approximate surface area is 55.6 Å². The van der Waals surface area contributed by atoms with Gasteiger partial charge in [-0.05, 0) is 25.8 Å². The van der Waals surface area contributed by atoms with Crippen molar-refractivity contribution in [2.45, 2.75) is 24.9 Å². The van der Waals surface area contributed by atoms with Crippen LogP contribution >= 0.6 is 0 Å². The SMILES string of the molecule is C1COC2(C1)CCNC2. The molecule has 0 amide bonds. The molecule has 0 radical (unpaired) electrons. The van der Waals surface area contributed by atoms with Crippen LogP contribution in [-0.4, -0.2) is 25.3 Å². The maximum Gasteiger partial charge on any atom is 0.0819 e. The standard InChI is InChI=1S/C7H13NO/c1-2-7(9-5-1)3-4-8-6-7/h8H,1-6H2. The highest BCUT2D eigenvalue weighted by atomic mass is 16.5. The van der Waals surface area contributed by atoms with Crippen LogP contribution in [0.4, 0.5) is 0 Å². The molecular weight excluding hydrogens is 114 g/mol. The summed E-state index contributed by atoms with van der Waals surface area (Å²) in [5, 5.41) is 3.33. The first-order chi connectivity index (χ1) is 4.41. The molecule has 1 N–H and O–H groups in total. The molecule has 2 aliphatic heterocycles. The van der Waals surface area contributed by atoms with Crippen molar-refractivity contribution >= 4 is 0 Å². The summed E-state index contributed by atoms with van der Waals surface area (Å²) in [6, 6.07) is 0. The van der Waals surface area contributed by atoms with Crippen molar-refractivity contribution in [1.29, 1.82) is 0 Å². The summed E-state index contributed by atoms with van der Waals surface area (Å²) in [7, 11) is 0. The maximum atomic E-state index is 5.64. The van der Waals surface area contributed by atoms with Crippen LogP contribution in [0.25, 0.3) is 0 Å². The summed E-state index contributed by atoms with van der Waals surface area (Å²) in [5.41, 5.74) is 0.278. The minimum Gasteiger partial charge on any atom is -0.374 e. The molecule has 0 aliphatic carbocycles. The lowest BCUT2D eigenvalue weighted by atomic mass is 10.00. The van der Waals surface area contributed by atoms with Gasteiger partial charge in [0.1, 0.15) is 0 Å². The van der Waals surface area contributed by atoms with E-state index < -0.39 is 0 Å². The topological polar surface area (TPSA) is 21.3 Å². The van der Waals surface area contributed by atoms with Gasteiger partial charge in [0.05, 0.1) is 5.60 Å². The molecule has 2 saturated heterocycles. The van der Waals surface area contributed by atoms with Crippen LogP contribution < -0.4 is 5.32 Å². The molecule has 0 bridgehead atoms. The number of hydrogen-bond donors (Lipinski definition) is 1.